The van der Waals surface area contributed by atoms with Gasteiger partial charge in [-0.25, -0.2) is 0 Å². The molecule has 0 spiro atoms. The zero-order chi connectivity index (χ0) is 14.3. The van der Waals surface area contributed by atoms with Crippen molar-refractivity contribution in [3.8, 4) is 0 Å². The monoisotopic (exact) mass is 303 g/mol. The van der Waals surface area contributed by atoms with Gasteiger partial charge < -0.3 is 10.1 Å². The van der Waals surface area contributed by atoms with Gasteiger partial charge in [-0.1, -0.05) is 36.2 Å². The average molecular weight is 304 g/mol. The third kappa shape index (κ3) is 6.13. The predicted octanol–water partition coefficient (Wildman–Crippen LogP) is 4.85. The van der Waals surface area contributed by atoms with Crippen molar-refractivity contribution in [2.24, 2.45) is 0 Å². The maximum atomic E-state index is 6.24. The van der Waals surface area contributed by atoms with Crippen LogP contribution in [0.5, 0.6) is 0 Å². The van der Waals surface area contributed by atoms with Crippen molar-refractivity contribution in [3.63, 3.8) is 0 Å². The van der Waals surface area contributed by atoms with Gasteiger partial charge in [0.25, 0.3) is 0 Å². The number of hydrogen-bond donors (Lipinski definition) is 1. The number of rotatable bonds is 8. The van der Waals surface area contributed by atoms with Crippen molar-refractivity contribution < 1.29 is 4.74 Å². The summed E-state index contributed by atoms with van der Waals surface area (Å²) in [6, 6.07) is 5.94. The molecule has 0 saturated carbocycles. The van der Waals surface area contributed by atoms with Gasteiger partial charge in [-0.2, -0.15) is 0 Å². The number of ether oxygens (including phenoxy) is 1. The quantitative estimate of drug-likeness (QED) is 0.693. The van der Waals surface area contributed by atoms with Crippen molar-refractivity contribution in [1.29, 1.82) is 0 Å². The molecule has 0 heterocycles. The van der Waals surface area contributed by atoms with Crippen LogP contribution < -0.4 is 5.32 Å². The smallest absolute Gasteiger partial charge is 0.0518 e. The van der Waals surface area contributed by atoms with E-state index in [-0.39, 0.29) is 6.04 Å². The highest BCUT2D eigenvalue weighted by Crippen LogP contribution is 2.27. The molecule has 108 valence electrons. The molecule has 1 aromatic carbocycles. The van der Waals surface area contributed by atoms with Crippen LogP contribution in [0.2, 0.25) is 10.0 Å². The van der Waals surface area contributed by atoms with Crippen LogP contribution in [0.1, 0.15) is 45.2 Å². The zero-order valence-corrected chi connectivity index (χ0v) is 13.4. The minimum Gasteiger partial charge on any atom is -0.379 e. The normalized spacial score (nSPS) is 12.9. The molecule has 1 unspecified atom stereocenters. The molecule has 2 nitrogen and oxygen atoms in total. The van der Waals surface area contributed by atoms with Crippen LogP contribution in [0, 0.1) is 0 Å². The maximum absolute atomic E-state index is 6.24. The Bertz CT molecular complexity index is 382. The fourth-order valence-electron chi connectivity index (χ4n) is 1.93. The molecule has 0 aromatic heterocycles. The molecule has 0 bridgehead atoms. The molecule has 1 atom stereocenters. The lowest BCUT2D eigenvalue weighted by Crippen LogP contribution is -2.23. The lowest BCUT2D eigenvalue weighted by Gasteiger charge is -2.19. The second-order valence-corrected chi connectivity index (χ2v) is 5.70. The first-order valence-electron chi connectivity index (χ1n) is 6.84. The minimum atomic E-state index is 0.267. The molecule has 0 fully saturated rings. The fourth-order valence-corrected chi connectivity index (χ4v) is 2.47. The van der Waals surface area contributed by atoms with Crippen LogP contribution >= 0.6 is 23.2 Å². The summed E-state index contributed by atoms with van der Waals surface area (Å²) in [7, 11) is 0. The lowest BCUT2D eigenvalue weighted by atomic mass is 10.0. The van der Waals surface area contributed by atoms with Crippen LogP contribution in [0.25, 0.3) is 0 Å². The molecular formula is C15H23Cl2NO. The predicted molar refractivity (Wildman–Crippen MR) is 83.2 cm³/mol. The van der Waals surface area contributed by atoms with Gasteiger partial charge in [-0.05, 0) is 50.9 Å². The van der Waals surface area contributed by atoms with Gasteiger partial charge in [-0.15, -0.1) is 0 Å². The van der Waals surface area contributed by atoms with E-state index in [0.717, 1.165) is 36.6 Å². The van der Waals surface area contributed by atoms with Gasteiger partial charge in [0.15, 0.2) is 0 Å². The molecule has 0 aliphatic rings. The summed E-state index contributed by atoms with van der Waals surface area (Å²) in [4.78, 5) is 0. The average Bonchev–Trinajstić information content (AvgIpc) is 2.34. The second-order valence-electron chi connectivity index (χ2n) is 4.85. The van der Waals surface area contributed by atoms with E-state index in [0.29, 0.717) is 11.1 Å². The molecule has 0 aliphatic carbocycles. The first kappa shape index (κ1) is 16.8. The van der Waals surface area contributed by atoms with Gasteiger partial charge in [-0.3, -0.25) is 0 Å². The first-order valence-corrected chi connectivity index (χ1v) is 7.60. The van der Waals surface area contributed by atoms with Crippen LogP contribution in [-0.4, -0.2) is 19.3 Å². The van der Waals surface area contributed by atoms with E-state index >= 15 is 0 Å². The number of hydrogen-bond acceptors (Lipinski definition) is 2. The summed E-state index contributed by atoms with van der Waals surface area (Å²) in [5, 5.41) is 4.91. The van der Waals surface area contributed by atoms with Crippen molar-refractivity contribution in [3.05, 3.63) is 33.8 Å². The zero-order valence-electron chi connectivity index (χ0n) is 11.9. The standard InChI is InChI=1S/C15H23Cl2NO/c1-4-15(18-8-5-9-19-11(2)3)13-7-6-12(16)10-14(13)17/h6-7,10-11,15,18H,4-5,8-9H2,1-3H3. The molecule has 4 heteroatoms. The summed E-state index contributed by atoms with van der Waals surface area (Å²) in [5.74, 6) is 0. The van der Waals surface area contributed by atoms with Gasteiger partial charge in [0.2, 0.25) is 0 Å². The van der Waals surface area contributed by atoms with E-state index in [9.17, 15) is 0 Å². The summed E-state index contributed by atoms with van der Waals surface area (Å²) in [5.41, 5.74) is 1.11. The molecule has 0 radical (unpaired) electrons. The van der Waals surface area contributed by atoms with E-state index < -0.39 is 0 Å². The van der Waals surface area contributed by atoms with Gasteiger partial charge in [0.05, 0.1) is 6.10 Å². The van der Waals surface area contributed by atoms with Crippen molar-refractivity contribution in [2.45, 2.75) is 45.8 Å². The highest BCUT2D eigenvalue weighted by atomic mass is 35.5. The van der Waals surface area contributed by atoms with E-state index in [1.165, 1.54) is 0 Å². The maximum Gasteiger partial charge on any atom is 0.0518 e. The number of benzene rings is 1. The Morgan fingerprint density at radius 2 is 2.00 bits per heavy atom. The van der Waals surface area contributed by atoms with Crippen LogP contribution in [0.15, 0.2) is 18.2 Å². The largest absolute Gasteiger partial charge is 0.379 e. The Kier molecular flexibility index (Phi) is 7.77. The van der Waals surface area contributed by atoms with E-state index in [2.05, 4.69) is 26.1 Å². The van der Waals surface area contributed by atoms with Crippen molar-refractivity contribution >= 4 is 23.2 Å². The Labute approximate surface area is 126 Å². The molecule has 1 rings (SSSR count). The number of halogens is 2. The van der Waals surface area contributed by atoms with E-state index in [1.807, 2.05) is 12.1 Å². The van der Waals surface area contributed by atoms with Crippen LogP contribution in [0.3, 0.4) is 0 Å². The lowest BCUT2D eigenvalue weighted by molar-refractivity contribution is 0.0767. The summed E-state index contributed by atoms with van der Waals surface area (Å²) < 4.78 is 5.52. The van der Waals surface area contributed by atoms with E-state index in [1.54, 1.807) is 6.07 Å². The van der Waals surface area contributed by atoms with Gasteiger partial charge in [0.1, 0.15) is 0 Å². The van der Waals surface area contributed by atoms with Crippen LogP contribution in [-0.2, 0) is 4.74 Å². The Morgan fingerprint density at radius 1 is 1.26 bits per heavy atom. The van der Waals surface area contributed by atoms with Crippen molar-refractivity contribution in [2.75, 3.05) is 13.2 Å². The topological polar surface area (TPSA) is 21.3 Å². The molecule has 0 aliphatic heterocycles. The highest BCUT2D eigenvalue weighted by Gasteiger charge is 2.12. The summed E-state index contributed by atoms with van der Waals surface area (Å²) >= 11 is 12.2. The summed E-state index contributed by atoms with van der Waals surface area (Å²) in [6.07, 6.45) is 2.29. The van der Waals surface area contributed by atoms with Crippen molar-refractivity contribution in [1.82, 2.24) is 5.32 Å². The Balaban J connectivity index is 2.45. The Morgan fingerprint density at radius 3 is 2.58 bits per heavy atom. The SMILES string of the molecule is CCC(NCCCOC(C)C)c1ccc(Cl)cc1Cl. The van der Waals surface area contributed by atoms with Gasteiger partial charge >= 0.3 is 0 Å². The molecular weight excluding hydrogens is 281 g/mol. The molecule has 1 aromatic rings. The highest BCUT2D eigenvalue weighted by molar-refractivity contribution is 6.35. The number of nitrogens with one attached hydrogen (secondary N) is 1. The molecule has 0 saturated heterocycles. The summed E-state index contributed by atoms with van der Waals surface area (Å²) in [6.45, 7) is 7.96. The van der Waals surface area contributed by atoms with Gasteiger partial charge in [0, 0.05) is 22.7 Å². The first-order chi connectivity index (χ1) is 9.04. The molecule has 0 amide bonds. The Hall–Kier alpha value is -0.280. The van der Waals surface area contributed by atoms with Crippen LogP contribution in [0.4, 0.5) is 0 Å². The minimum absolute atomic E-state index is 0.267. The molecule has 19 heavy (non-hydrogen) atoms. The van der Waals surface area contributed by atoms with E-state index in [4.69, 9.17) is 27.9 Å². The second kappa shape index (κ2) is 8.80. The third-order valence-corrected chi connectivity index (χ3v) is 3.47. The fraction of sp³-hybridized carbons (Fsp3) is 0.600. The molecule has 1 N–H and O–H groups in total. The third-order valence-electron chi connectivity index (χ3n) is 2.91.